The molecule has 0 N–H and O–H groups in total. The smallest absolute Gasteiger partial charge is 0.254 e. The van der Waals surface area contributed by atoms with E-state index in [1.807, 2.05) is 47.9 Å². The first kappa shape index (κ1) is 29.1. The second-order valence-corrected chi connectivity index (χ2v) is 13.7. The van der Waals surface area contributed by atoms with E-state index >= 15 is 0 Å². The Balaban J connectivity index is 1.16. The quantitative estimate of drug-likeness (QED) is 0.459. The van der Waals surface area contributed by atoms with Crippen molar-refractivity contribution in [2.45, 2.75) is 47.0 Å². The summed E-state index contributed by atoms with van der Waals surface area (Å²) in [6.07, 6.45) is 2.27. The van der Waals surface area contributed by atoms with E-state index < -0.39 is 0 Å². The predicted octanol–water partition coefficient (Wildman–Crippen LogP) is 5.01. The summed E-state index contributed by atoms with van der Waals surface area (Å²) >= 11 is 8.15. The molecule has 7 nitrogen and oxygen atoms in total. The number of likely N-dealkylation sites (tertiary alicyclic amines) is 3. The molecule has 2 atom stereocenters. The van der Waals surface area contributed by atoms with Crippen molar-refractivity contribution >= 4 is 46.3 Å². The third-order valence-electron chi connectivity index (χ3n) is 9.00. The Morgan fingerprint density at radius 2 is 1.65 bits per heavy atom. The Hall–Kier alpha value is -2.42. The topological polar surface area (TPSA) is 64.2 Å². The Morgan fingerprint density at radius 1 is 0.975 bits per heavy atom. The number of aryl methyl sites for hydroxylation is 3. The minimum absolute atomic E-state index is 0.0765. The van der Waals surface area contributed by atoms with Crippen molar-refractivity contribution in [2.24, 2.45) is 17.8 Å². The highest BCUT2D eigenvalue weighted by atomic mass is 35.5. The average molecular weight is 585 g/mol. The molecule has 3 fully saturated rings. The number of thiophene rings is 1. The Kier molecular flexibility index (Phi) is 8.88. The Morgan fingerprint density at radius 3 is 2.23 bits per heavy atom. The maximum absolute atomic E-state index is 13.7. The fourth-order valence-electron chi connectivity index (χ4n) is 6.68. The van der Waals surface area contributed by atoms with E-state index in [0.717, 1.165) is 60.8 Å². The zero-order valence-electron chi connectivity index (χ0n) is 24.1. The number of piperidine rings is 1. The lowest BCUT2D eigenvalue weighted by Gasteiger charge is -2.34. The molecule has 3 saturated heterocycles. The molecule has 216 valence electrons. The van der Waals surface area contributed by atoms with E-state index in [1.165, 1.54) is 4.88 Å². The lowest BCUT2D eigenvalue weighted by Crippen LogP contribution is -2.44. The van der Waals surface area contributed by atoms with Gasteiger partial charge in [-0.2, -0.15) is 0 Å². The van der Waals surface area contributed by atoms with Crippen LogP contribution in [0.25, 0.3) is 0 Å². The first-order chi connectivity index (χ1) is 19.1. The van der Waals surface area contributed by atoms with Gasteiger partial charge in [0.1, 0.15) is 0 Å². The SMILES string of the molecule is CC(=O)N1CCC(C(=O)N(CCCN2CC3CN(C(=O)c4cc(C)sc4C)CC3C2)c2ccc(C)c(Cl)c2)CC1. The van der Waals surface area contributed by atoms with Gasteiger partial charge >= 0.3 is 0 Å². The second-order valence-electron chi connectivity index (χ2n) is 11.9. The molecule has 5 rings (SSSR count). The number of carbonyl (C=O) groups excluding carboxylic acids is 3. The zero-order chi connectivity index (χ0) is 28.6. The lowest BCUT2D eigenvalue weighted by atomic mass is 9.94. The van der Waals surface area contributed by atoms with Crippen LogP contribution in [0, 0.1) is 38.5 Å². The van der Waals surface area contributed by atoms with Crippen LogP contribution < -0.4 is 4.90 Å². The van der Waals surface area contributed by atoms with Crippen molar-refractivity contribution in [2.75, 3.05) is 57.3 Å². The molecule has 3 aliphatic rings. The van der Waals surface area contributed by atoms with Gasteiger partial charge in [0.05, 0.1) is 5.56 Å². The summed E-state index contributed by atoms with van der Waals surface area (Å²) in [5, 5.41) is 0.668. The maximum atomic E-state index is 13.7. The van der Waals surface area contributed by atoms with Gasteiger partial charge in [0.2, 0.25) is 11.8 Å². The van der Waals surface area contributed by atoms with Gasteiger partial charge in [-0.05, 0) is 82.2 Å². The van der Waals surface area contributed by atoms with Gasteiger partial charge in [-0.1, -0.05) is 17.7 Å². The molecule has 0 saturated carbocycles. The fraction of sp³-hybridized carbons (Fsp3) is 0.581. The molecule has 1 aromatic heterocycles. The first-order valence-electron chi connectivity index (χ1n) is 14.5. The van der Waals surface area contributed by atoms with Gasteiger partial charge in [0.15, 0.2) is 0 Å². The van der Waals surface area contributed by atoms with Crippen molar-refractivity contribution in [1.29, 1.82) is 0 Å². The van der Waals surface area contributed by atoms with Crippen molar-refractivity contribution in [1.82, 2.24) is 14.7 Å². The van der Waals surface area contributed by atoms with Crippen LogP contribution in [0.2, 0.25) is 5.02 Å². The van der Waals surface area contributed by atoms with Gasteiger partial charge in [-0.25, -0.2) is 0 Å². The van der Waals surface area contributed by atoms with Crippen LogP contribution in [0.1, 0.15) is 51.9 Å². The molecule has 0 spiro atoms. The monoisotopic (exact) mass is 584 g/mol. The molecule has 2 aromatic rings. The van der Waals surface area contributed by atoms with Crippen molar-refractivity contribution in [3.63, 3.8) is 0 Å². The standard InChI is InChI=1S/C31H41ClN4O3S/c1-20-6-7-27(15-29(20)32)36(30(38)24-8-12-34(13-9-24)23(4)37)11-5-10-33-16-25-18-35(19-26(25)17-33)31(39)28-14-21(2)40-22(28)3/h6-7,14-15,24-26H,5,8-13,16-19H2,1-4H3. The van der Waals surface area contributed by atoms with Crippen LogP contribution in [0.3, 0.4) is 0 Å². The first-order valence-corrected chi connectivity index (χ1v) is 15.7. The van der Waals surface area contributed by atoms with Gasteiger partial charge in [0.25, 0.3) is 5.91 Å². The molecule has 0 radical (unpaired) electrons. The van der Waals surface area contributed by atoms with Crippen LogP contribution in [-0.2, 0) is 9.59 Å². The molecule has 1 aromatic carbocycles. The number of amides is 3. The van der Waals surface area contributed by atoms with Crippen molar-refractivity contribution in [3.8, 4) is 0 Å². The van der Waals surface area contributed by atoms with Crippen LogP contribution in [0.5, 0.6) is 0 Å². The highest BCUT2D eigenvalue weighted by Crippen LogP contribution is 2.34. The van der Waals surface area contributed by atoms with E-state index in [9.17, 15) is 14.4 Å². The molecule has 4 heterocycles. The third kappa shape index (κ3) is 6.24. The van der Waals surface area contributed by atoms with E-state index in [4.69, 9.17) is 11.6 Å². The predicted molar refractivity (Wildman–Crippen MR) is 161 cm³/mol. The largest absolute Gasteiger partial charge is 0.343 e. The lowest BCUT2D eigenvalue weighted by molar-refractivity contribution is -0.133. The summed E-state index contributed by atoms with van der Waals surface area (Å²) in [7, 11) is 0. The van der Waals surface area contributed by atoms with E-state index in [2.05, 4.69) is 16.7 Å². The van der Waals surface area contributed by atoms with Crippen LogP contribution >= 0.6 is 22.9 Å². The number of rotatable bonds is 7. The minimum Gasteiger partial charge on any atom is -0.343 e. The summed E-state index contributed by atoms with van der Waals surface area (Å²) in [5.74, 6) is 1.35. The van der Waals surface area contributed by atoms with Gasteiger partial charge < -0.3 is 19.6 Å². The number of hydrogen-bond acceptors (Lipinski definition) is 5. The van der Waals surface area contributed by atoms with Gasteiger partial charge in [-0.3, -0.25) is 14.4 Å². The molecule has 40 heavy (non-hydrogen) atoms. The molecule has 0 aliphatic carbocycles. The Bertz CT molecular complexity index is 1260. The number of hydrogen-bond donors (Lipinski definition) is 0. The number of benzene rings is 1. The van der Waals surface area contributed by atoms with Crippen LogP contribution in [0.4, 0.5) is 5.69 Å². The number of anilines is 1. The number of carbonyl (C=O) groups is 3. The normalized spacial score (nSPS) is 21.6. The molecule has 3 aliphatic heterocycles. The van der Waals surface area contributed by atoms with Crippen LogP contribution in [-0.4, -0.2) is 84.8 Å². The van der Waals surface area contributed by atoms with Gasteiger partial charge in [-0.15, -0.1) is 11.3 Å². The Labute approximate surface area is 247 Å². The van der Waals surface area contributed by atoms with Crippen molar-refractivity contribution < 1.29 is 14.4 Å². The molecule has 0 bridgehead atoms. The zero-order valence-corrected chi connectivity index (χ0v) is 25.7. The van der Waals surface area contributed by atoms with E-state index in [0.29, 0.717) is 49.3 Å². The van der Waals surface area contributed by atoms with Crippen molar-refractivity contribution in [3.05, 3.63) is 50.2 Å². The maximum Gasteiger partial charge on any atom is 0.254 e. The summed E-state index contributed by atoms with van der Waals surface area (Å²) < 4.78 is 0. The highest BCUT2D eigenvalue weighted by Gasteiger charge is 2.42. The van der Waals surface area contributed by atoms with E-state index in [1.54, 1.807) is 18.3 Å². The summed E-state index contributed by atoms with van der Waals surface area (Å²) in [4.78, 5) is 49.2. The highest BCUT2D eigenvalue weighted by molar-refractivity contribution is 7.12. The van der Waals surface area contributed by atoms with Crippen LogP contribution in [0.15, 0.2) is 24.3 Å². The number of nitrogens with zero attached hydrogens (tertiary/aromatic N) is 4. The minimum atomic E-state index is -0.0824. The number of fused-ring (bicyclic) bond motifs is 1. The molecule has 9 heteroatoms. The average Bonchev–Trinajstić information content (AvgIpc) is 3.60. The third-order valence-corrected chi connectivity index (χ3v) is 10.4. The summed E-state index contributed by atoms with van der Waals surface area (Å²) in [6, 6.07) is 7.90. The molecular weight excluding hydrogens is 544 g/mol. The summed E-state index contributed by atoms with van der Waals surface area (Å²) in [5.41, 5.74) is 2.71. The fourth-order valence-corrected chi connectivity index (χ4v) is 7.77. The molecule has 3 amide bonds. The number of halogens is 1. The van der Waals surface area contributed by atoms with Gasteiger partial charge in [0, 0.05) is 79.1 Å². The van der Waals surface area contributed by atoms with E-state index in [-0.39, 0.29) is 23.6 Å². The summed E-state index contributed by atoms with van der Waals surface area (Å²) in [6.45, 7) is 14.2. The molecule has 2 unspecified atom stereocenters. The molecular formula is C31H41ClN4O3S. The second kappa shape index (κ2) is 12.2.